The van der Waals surface area contributed by atoms with E-state index in [4.69, 9.17) is 9.84 Å². The van der Waals surface area contributed by atoms with Crippen LogP contribution in [-0.2, 0) is 19.1 Å². The first-order valence-corrected chi connectivity index (χ1v) is 5.97. The molecule has 2 N–H and O–H groups in total. The van der Waals surface area contributed by atoms with Gasteiger partial charge in [-0.25, -0.2) is 9.59 Å². The van der Waals surface area contributed by atoms with Crippen molar-refractivity contribution >= 4 is 17.9 Å². The molecule has 0 radical (unpaired) electrons. The molecule has 0 fully saturated rings. The predicted octanol–water partition coefficient (Wildman–Crippen LogP) is -0.318. The summed E-state index contributed by atoms with van der Waals surface area (Å²) in [6.07, 6.45) is 0. The zero-order chi connectivity index (χ0) is 14.7. The van der Waals surface area contributed by atoms with Gasteiger partial charge in [0.15, 0.2) is 0 Å². The van der Waals surface area contributed by atoms with Crippen LogP contribution in [0.15, 0.2) is 0 Å². The van der Waals surface area contributed by atoms with E-state index < -0.39 is 31.1 Å². The number of amides is 3. The van der Waals surface area contributed by atoms with Crippen LogP contribution in [0.3, 0.4) is 0 Å². The van der Waals surface area contributed by atoms with Crippen LogP contribution < -0.4 is 5.32 Å². The van der Waals surface area contributed by atoms with Gasteiger partial charge in [0.1, 0.15) is 13.2 Å². The molecular weight excluding hydrogens is 256 g/mol. The number of carboxylic acid groups (broad SMARTS) is 1. The van der Waals surface area contributed by atoms with E-state index in [1.165, 1.54) is 4.90 Å². The largest absolute Gasteiger partial charge is 0.480 e. The molecular formula is C11H20N2O6. The van der Waals surface area contributed by atoms with E-state index in [0.717, 1.165) is 0 Å². The van der Waals surface area contributed by atoms with Gasteiger partial charge in [-0.05, 0) is 13.8 Å². The van der Waals surface area contributed by atoms with E-state index in [2.05, 4.69) is 10.1 Å². The second-order valence-corrected chi connectivity index (χ2v) is 3.52. The molecule has 0 heterocycles. The number of carboxylic acids is 1. The van der Waals surface area contributed by atoms with Crippen LogP contribution in [-0.4, -0.2) is 67.4 Å². The molecule has 0 atom stereocenters. The molecule has 0 aromatic heterocycles. The number of nitrogens with zero attached hydrogens (tertiary/aromatic N) is 1. The molecule has 0 aliphatic heterocycles. The van der Waals surface area contributed by atoms with Gasteiger partial charge in [0.05, 0.1) is 6.61 Å². The van der Waals surface area contributed by atoms with Crippen molar-refractivity contribution in [2.24, 2.45) is 0 Å². The topological polar surface area (TPSA) is 105 Å². The molecule has 0 aliphatic carbocycles. The molecule has 0 aliphatic rings. The smallest absolute Gasteiger partial charge is 0.329 e. The van der Waals surface area contributed by atoms with Crippen LogP contribution in [0.1, 0.15) is 13.8 Å². The zero-order valence-electron chi connectivity index (χ0n) is 11.2. The van der Waals surface area contributed by atoms with Gasteiger partial charge in [-0.3, -0.25) is 10.1 Å². The number of likely N-dealkylation sites (N-methyl/N-ethyl adjacent to an activating group) is 1. The van der Waals surface area contributed by atoms with Crippen LogP contribution >= 0.6 is 0 Å². The minimum absolute atomic E-state index is 0.374. The van der Waals surface area contributed by atoms with E-state index in [1.807, 2.05) is 6.92 Å². The minimum Gasteiger partial charge on any atom is -0.480 e. The number of urea groups is 1. The van der Waals surface area contributed by atoms with Crippen LogP contribution in [0.5, 0.6) is 0 Å². The Morgan fingerprint density at radius 2 is 1.84 bits per heavy atom. The number of rotatable bonds is 9. The molecule has 0 saturated heterocycles. The molecule has 0 bridgehead atoms. The standard InChI is InChI=1S/C11H20N2O6/c1-3-13(5-6-18-4-2)11(17)12-9(14)7-19-8-10(15)16/h3-8H2,1-2H3,(H,15,16)(H,12,14,17). The lowest BCUT2D eigenvalue weighted by atomic mass is 10.5. The quantitative estimate of drug-likeness (QED) is 0.559. The number of hydrogen-bond donors (Lipinski definition) is 2. The van der Waals surface area contributed by atoms with Crippen molar-refractivity contribution < 1.29 is 29.0 Å². The van der Waals surface area contributed by atoms with E-state index in [-0.39, 0.29) is 0 Å². The summed E-state index contributed by atoms with van der Waals surface area (Å²) in [6, 6.07) is -0.550. The van der Waals surface area contributed by atoms with Gasteiger partial charge in [-0.1, -0.05) is 0 Å². The Hall–Kier alpha value is -1.67. The molecule has 3 amide bonds. The fourth-order valence-electron chi connectivity index (χ4n) is 1.19. The number of nitrogens with one attached hydrogen (secondary N) is 1. The third-order valence-electron chi connectivity index (χ3n) is 2.08. The lowest BCUT2D eigenvalue weighted by Crippen LogP contribution is -2.45. The Labute approximate surface area is 111 Å². The Kier molecular flexibility index (Phi) is 9.37. The van der Waals surface area contributed by atoms with E-state index >= 15 is 0 Å². The van der Waals surface area contributed by atoms with Crippen molar-refractivity contribution in [3.63, 3.8) is 0 Å². The van der Waals surface area contributed by atoms with Gasteiger partial charge < -0.3 is 19.5 Å². The average Bonchev–Trinajstić information content (AvgIpc) is 2.34. The predicted molar refractivity (Wildman–Crippen MR) is 65.7 cm³/mol. The second-order valence-electron chi connectivity index (χ2n) is 3.52. The highest BCUT2D eigenvalue weighted by atomic mass is 16.5. The van der Waals surface area contributed by atoms with Gasteiger partial charge in [-0.15, -0.1) is 0 Å². The monoisotopic (exact) mass is 276 g/mol. The molecule has 0 spiro atoms. The van der Waals surface area contributed by atoms with Crippen LogP contribution in [0.2, 0.25) is 0 Å². The van der Waals surface area contributed by atoms with Crippen LogP contribution in [0, 0.1) is 0 Å². The third-order valence-corrected chi connectivity index (χ3v) is 2.08. The first kappa shape index (κ1) is 17.3. The lowest BCUT2D eigenvalue weighted by Gasteiger charge is -2.20. The molecule has 8 nitrogen and oxygen atoms in total. The Morgan fingerprint density at radius 3 is 2.37 bits per heavy atom. The summed E-state index contributed by atoms with van der Waals surface area (Å²) in [5.74, 6) is -1.85. The maximum atomic E-state index is 11.6. The number of carbonyl (C=O) groups excluding carboxylic acids is 2. The molecule has 0 aromatic rings. The van der Waals surface area contributed by atoms with Gasteiger partial charge in [-0.2, -0.15) is 0 Å². The summed E-state index contributed by atoms with van der Waals surface area (Å²) in [7, 11) is 0. The average molecular weight is 276 g/mol. The fraction of sp³-hybridized carbons (Fsp3) is 0.727. The van der Waals surface area contributed by atoms with Crippen molar-refractivity contribution in [2.45, 2.75) is 13.8 Å². The maximum Gasteiger partial charge on any atom is 0.329 e. The fourth-order valence-corrected chi connectivity index (χ4v) is 1.19. The summed E-state index contributed by atoms with van der Waals surface area (Å²) in [6.45, 7) is 4.32. The van der Waals surface area contributed by atoms with E-state index in [0.29, 0.717) is 26.3 Å². The molecule has 0 aromatic carbocycles. The van der Waals surface area contributed by atoms with Crippen molar-refractivity contribution in [2.75, 3.05) is 39.5 Å². The Bertz CT molecular complexity index is 308. The van der Waals surface area contributed by atoms with Gasteiger partial charge in [0.25, 0.3) is 5.91 Å². The number of carbonyl (C=O) groups is 3. The van der Waals surface area contributed by atoms with Crippen molar-refractivity contribution in [1.82, 2.24) is 10.2 Å². The summed E-state index contributed by atoms with van der Waals surface area (Å²) < 4.78 is 9.68. The molecule has 19 heavy (non-hydrogen) atoms. The SMILES string of the molecule is CCOCCN(CC)C(=O)NC(=O)COCC(=O)O. The van der Waals surface area contributed by atoms with Gasteiger partial charge in [0, 0.05) is 19.7 Å². The van der Waals surface area contributed by atoms with Crippen LogP contribution in [0.25, 0.3) is 0 Å². The van der Waals surface area contributed by atoms with E-state index in [1.54, 1.807) is 6.92 Å². The second kappa shape index (κ2) is 10.3. The van der Waals surface area contributed by atoms with Crippen molar-refractivity contribution in [1.29, 1.82) is 0 Å². The van der Waals surface area contributed by atoms with Gasteiger partial charge >= 0.3 is 12.0 Å². The molecule has 0 rings (SSSR count). The normalized spacial score (nSPS) is 10.0. The molecule has 110 valence electrons. The summed E-state index contributed by atoms with van der Waals surface area (Å²) in [4.78, 5) is 34.5. The maximum absolute atomic E-state index is 11.6. The summed E-state index contributed by atoms with van der Waals surface area (Å²) in [5, 5.41) is 10.4. The number of imide groups is 1. The number of aliphatic carboxylic acids is 1. The lowest BCUT2D eigenvalue weighted by molar-refractivity contribution is -0.143. The third kappa shape index (κ3) is 8.97. The van der Waals surface area contributed by atoms with Crippen LogP contribution in [0.4, 0.5) is 4.79 Å². The molecule has 8 heteroatoms. The highest BCUT2D eigenvalue weighted by Crippen LogP contribution is 1.90. The Morgan fingerprint density at radius 1 is 1.16 bits per heavy atom. The first-order chi connectivity index (χ1) is 9.01. The number of ether oxygens (including phenoxy) is 2. The summed E-state index contributed by atoms with van der Waals surface area (Å²) >= 11 is 0. The number of hydrogen-bond acceptors (Lipinski definition) is 5. The van der Waals surface area contributed by atoms with Gasteiger partial charge in [0.2, 0.25) is 0 Å². The molecule has 0 saturated carbocycles. The first-order valence-electron chi connectivity index (χ1n) is 5.97. The zero-order valence-corrected chi connectivity index (χ0v) is 11.2. The highest BCUT2D eigenvalue weighted by Gasteiger charge is 2.14. The minimum atomic E-state index is -1.17. The van der Waals surface area contributed by atoms with Crippen molar-refractivity contribution in [3.8, 4) is 0 Å². The molecule has 0 unspecified atom stereocenters. The Balaban J connectivity index is 3.96. The highest BCUT2D eigenvalue weighted by molar-refractivity contribution is 5.95. The summed E-state index contributed by atoms with van der Waals surface area (Å²) in [5.41, 5.74) is 0. The van der Waals surface area contributed by atoms with Crippen molar-refractivity contribution in [3.05, 3.63) is 0 Å². The van der Waals surface area contributed by atoms with E-state index in [9.17, 15) is 14.4 Å².